The summed E-state index contributed by atoms with van der Waals surface area (Å²) in [5.41, 5.74) is 6.80. The molecular formula is C15H24IN3O. The SMILES string of the molecule is CCCc1nc(C2(OC)CCCC(C)C2)nc(N)c1I. The first-order chi connectivity index (χ1) is 9.52. The van der Waals surface area contributed by atoms with Crippen LogP contribution >= 0.6 is 22.6 Å². The predicted molar refractivity (Wildman–Crippen MR) is 89.5 cm³/mol. The van der Waals surface area contributed by atoms with Gasteiger partial charge < -0.3 is 10.5 Å². The van der Waals surface area contributed by atoms with Crippen LogP contribution in [0.25, 0.3) is 0 Å². The Hall–Kier alpha value is -0.430. The number of nitrogens with zero attached hydrogens (tertiary/aromatic N) is 2. The van der Waals surface area contributed by atoms with E-state index in [4.69, 9.17) is 15.5 Å². The molecule has 1 saturated carbocycles. The number of ether oxygens (including phenoxy) is 1. The van der Waals surface area contributed by atoms with E-state index in [0.717, 1.165) is 47.2 Å². The van der Waals surface area contributed by atoms with Crippen molar-refractivity contribution < 1.29 is 4.74 Å². The van der Waals surface area contributed by atoms with Crippen molar-refractivity contribution in [3.8, 4) is 0 Å². The van der Waals surface area contributed by atoms with Crippen LogP contribution in [0.3, 0.4) is 0 Å². The Balaban J connectivity index is 2.44. The van der Waals surface area contributed by atoms with Gasteiger partial charge in [-0.05, 0) is 54.2 Å². The lowest BCUT2D eigenvalue weighted by atomic mass is 9.78. The molecule has 0 aromatic carbocycles. The van der Waals surface area contributed by atoms with E-state index in [2.05, 4.69) is 41.4 Å². The van der Waals surface area contributed by atoms with Gasteiger partial charge in [0.2, 0.25) is 0 Å². The van der Waals surface area contributed by atoms with Crippen LogP contribution in [0.2, 0.25) is 0 Å². The van der Waals surface area contributed by atoms with Crippen molar-refractivity contribution in [3.63, 3.8) is 0 Å². The van der Waals surface area contributed by atoms with Crippen molar-refractivity contribution in [1.82, 2.24) is 9.97 Å². The lowest BCUT2D eigenvalue weighted by molar-refractivity contribution is -0.0646. The van der Waals surface area contributed by atoms with E-state index in [9.17, 15) is 0 Å². The third-order valence-corrected chi connectivity index (χ3v) is 5.36. The first-order valence-electron chi connectivity index (χ1n) is 7.40. The average Bonchev–Trinajstić information content (AvgIpc) is 2.43. The summed E-state index contributed by atoms with van der Waals surface area (Å²) in [6.45, 7) is 4.43. The number of aromatic nitrogens is 2. The maximum absolute atomic E-state index is 6.09. The third-order valence-electron chi connectivity index (χ3n) is 4.19. The number of methoxy groups -OCH3 is 1. The highest BCUT2D eigenvalue weighted by atomic mass is 127. The molecule has 2 atom stereocenters. The molecule has 4 nitrogen and oxygen atoms in total. The molecule has 2 N–H and O–H groups in total. The topological polar surface area (TPSA) is 61.0 Å². The fraction of sp³-hybridized carbons (Fsp3) is 0.733. The van der Waals surface area contributed by atoms with Gasteiger partial charge in [-0.15, -0.1) is 0 Å². The Labute approximate surface area is 135 Å². The molecule has 0 bridgehead atoms. The molecule has 5 heteroatoms. The molecule has 1 heterocycles. The fourth-order valence-electron chi connectivity index (χ4n) is 3.10. The summed E-state index contributed by atoms with van der Waals surface area (Å²) in [5.74, 6) is 2.02. The van der Waals surface area contributed by atoms with E-state index in [1.807, 2.05) is 0 Å². The van der Waals surface area contributed by atoms with Crippen molar-refractivity contribution in [3.05, 3.63) is 15.1 Å². The van der Waals surface area contributed by atoms with Gasteiger partial charge in [-0.25, -0.2) is 9.97 Å². The quantitative estimate of drug-likeness (QED) is 0.799. The molecule has 0 amide bonds. The van der Waals surface area contributed by atoms with Gasteiger partial charge >= 0.3 is 0 Å². The summed E-state index contributed by atoms with van der Waals surface area (Å²) in [6, 6.07) is 0. The van der Waals surface area contributed by atoms with Crippen LogP contribution in [-0.2, 0) is 16.8 Å². The summed E-state index contributed by atoms with van der Waals surface area (Å²) in [6.07, 6.45) is 6.38. The fourth-order valence-corrected chi connectivity index (χ4v) is 3.61. The molecule has 2 rings (SSSR count). The van der Waals surface area contributed by atoms with E-state index in [1.165, 1.54) is 6.42 Å². The minimum absolute atomic E-state index is 0.349. The number of hydrogen-bond donors (Lipinski definition) is 1. The molecule has 20 heavy (non-hydrogen) atoms. The second-order valence-corrected chi connectivity index (χ2v) is 6.92. The van der Waals surface area contributed by atoms with E-state index in [-0.39, 0.29) is 5.60 Å². The second kappa shape index (κ2) is 6.56. The van der Waals surface area contributed by atoms with E-state index < -0.39 is 0 Å². The highest BCUT2D eigenvalue weighted by molar-refractivity contribution is 14.1. The summed E-state index contributed by atoms with van der Waals surface area (Å²) in [7, 11) is 1.77. The maximum Gasteiger partial charge on any atom is 0.162 e. The monoisotopic (exact) mass is 389 g/mol. The van der Waals surface area contributed by atoms with Gasteiger partial charge in [0.05, 0.1) is 9.26 Å². The van der Waals surface area contributed by atoms with Crippen molar-refractivity contribution in [2.45, 2.75) is 58.0 Å². The van der Waals surface area contributed by atoms with Gasteiger partial charge in [0.15, 0.2) is 5.82 Å². The third kappa shape index (κ3) is 3.08. The number of anilines is 1. The van der Waals surface area contributed by atoms with Crippen molar-refractivity contribution >= 4 is 28.4 Å². The molecule has 1 fully saturated rings. The molecule has 0 radical (unpaired) electrons. The number of aryl methyl sites for hydroxylation is 1. The standard InChI is InChI=1S/C15H24IN3O/c1-4-6-11-12(16)13(17)19-14(18-11)15(20-3)8-5-7-10(2)9-15/h10H,4-9H2,1-3H3,(H2,17,18,19). The molecule has 0 saturated heterocycles. The minimum atomic E-state index is -0.349. The van der Waals surface area contributed by atoms with Gasteiger partial charge in [0.25, 0.3) is 0 Å². The summed E-state index contributed by atoms with van der Waals surface area (Å²) in [4.78, 5) is 9.35. The molecule has 1 aromatic heterocycles. The van der Waals surface area contributed by atoms with E-state index >= 15 is 0 Å². The number of hydrogen-bond acceptors (Lipinski definition) is 4. The molecule has 1 aliphatic carbocycles. The summed E-state index contributed by atoms with van der Waals surface area (Å²) < 4.78 is 6.87. The molecular weight excluding hydrogens is 365 g/mol. The second-order valence-electron chi connectivity index (χ2n) is 5.84. The number of nitrogen functional groups attached to an aromatic ring is 1. The lowest BCUT2D eigenvalue weighted by Gasteiger charge is -2.37. The molecule has 112 valence electrons. The molecule has 0 aliphatic heterocycles. The van der Waals surface area contributed by atoms with Gasteiger partial charge in [-0.3, -0.25) is 0 Å². The minimum Gasteiger partial charge on any atom is -0.383 e. The Bertz CT molecular complexity index is 480. The first kappa shape index (κ1) is 15.9. The number of nitrogens with two attached hydrogens (primary N) is 1. The van der Waals surface area contributed by atoms with Crippen LogP contribution in [0.15, 0.2) is 0 Å². The smallest absolute Gasteiger partial charge is 0.162 e. The largest absolute Gasteiger partial charge is 0.383 e. The highest BCUT2D eigenvalue weighted by Gasteiger charge is 2.40. The zero-order chi connectivity index (χ0) is 14.8. The number of halogens is 1. The summed E-state index contributed by atoms with van der Waals surface area (Å²) >= 11 is 2.25. The maximum atomic E-state index is 6.09. The zero-order valence-corrected chi connectivity index (χ0v) is 14.7. The van der Waals surface area contributed by atoms with Crippen molar-refractivity contribution in [1.29, 1.82) is 0 Å². The molecule has 1 aromatic rings. The highest BCUT2D eigenvalue weighted by Crippen LogP contribution is 2.41. The molecule has 0 spiro atoms. The number of rotatable bonds is 4. The Morgan fingerprint density at radius 3 is 2.80 bits per heavy atom. The van der Waals surface area contributed by atoms with Crippen LogP contribution in [0.1, 0.15) is 57.5 Å². The predicted octanol–water partition coefficient (Wildman–Crippen LogP) is 3.67. The van der Waals surface area contributed by atoms with Crippen molar-refractivity contribution in [2.75, 3.05) is 12.8 Å². The Kier molecular flexibility index (Phi) is 5.23. The Morgan fingerprint density at radius 2 is 2.20 bits per heavy atom. The first-order valence-corrected chi connectivity index (χ1v) is 8.47. The normalized spacial score (nSPS) is 26.7. The van der Waals surface area contributed by atoms with Crippen LogP contribution in [0.5, 0.6) is 0 Å². The van der Waals surface area contributed by atoms with Crippen LogP contribution in [0, 0.1) is 9.49 Å². The molecule has 2 unspecified atom stereocenters. The summed E-state index contributed by atoms with van der Waals surface area (Å²) in [5, 5.41) is 0. The molecule has 1 aliphatic rings. The zero-order valence-electron chi connectivity index (χ0n) is 12.6. The van der Waals surface area contributed by atoms with Gasteiger partial charge in [-0.2, -0.15) is 0 Å². The van der Waals surface area contributed by atoms with Gasteiger partial charge in [0, 0.05) is 7.11 Å². The van der Waals surface area contributed by atoms with Crippen LogP contribution < -0.4 is 5.73 Å². The van der Waals surface area contributed by atoms with Crippen LogP contribution in [0.4, 0.5) is 5.82 Å². The van der Waals surface area contributed by atoms with Gasteiger partial charge in [-0.1, -0.05) is 26.7 Å². The Morgan fingerprint density at radius 1 is 1.45 bits per heavy atom. The van der Waals surface area contributed by atoms with Gasteiger partial charge in [0.1, 0.15) is 11.4 Å². The van der Waals surface area contributed by atoms with Crippen molar-refractivity contribution in [2.24, 2.45) is 5.92 Å². The van der Waals surface area contributed by atoms with Crippen LogP contribution in [-0.4, -0.2) is 17.1 Å². The van der Waals surface area contributed by atoms with E-state index in [0.29, 0.717) is 11.7 Å². The average molecular weight is 389 g/mol. The van der Waals surface area contributed by atoms with E-state index in [1.54, 1.807) is 7.11 Å². The lowest BCUT2D eigenvalue weighted by Crippen LogP contribution is -2.36.